The Morgan fingerprint density at radius 1 is 1.30 bits per heavy atom. The number of halogens is 1. The van der Waals surface area contributed by atoms with Crippen LogP contribution in [-0.2, 0) is 21.3 Å². The van der Waals surface area contributed by atoms with Crippen molar-refractivity contribution in [3.8, 4) is 0 Å². The van der Waals surface area contributed by atoms with E-state index in [1.54, 1.807) is 13.8 Å². The predicted octanol–water partition coefficient (Wildman–Crippen LogP) is 2.34. The first kappa shape index (κ1) is 20.1. The number of benzene rings is 1. The second-order valence-electron chi connectivity index (χ2n) is 6.41. The Labute approximate surface area is 167 Å². The highest BCUT2D eigenvalue weighted by molar-refractivity contribution is 9.10. The van der Waals surface area contributed by atoms with Gasteiger partial charge in [0, 0.05) is 29.8 Å². The molecule has 9 heteroatoms. The van der Waals surface area contributed by atoms with Gasteiger partial charge in [0.05, 0.1) is 13.2 Å². The van der Waals surface area contributed by atoms with E-state index in [-0.39, 0.29) is 16.5 Å². The van der Waals surface area contributed by atoms with Gasteiger partial charge < -0.3 is 15.0 Å². The van der Waals surface area contributed by atoms with E-state index in [0.29, 0.717) is 44.1 Å². The van der Waals surface area contributed by atoms with Gasteiger partial charge in [0.2, 0.25) is 10.0 Å². The number of hydrogen-bond acceptors (Lipinski definition) is 4. The fourth-order valence-corrected chi connectivity index (χ4v) is 5.44. The number of rotatable bonds is 5. The number of nitrogens with one attached hydrogen (secondary N) is 2. The molecular weight excluding hydrogens is 434 g/mol. The molecular formula is C18H22BrN3O4S. The topological polar surface area (TPSA) is 91.5 Å². The van der Waals surface area contributed by atoms with Gasteiger partial charge in [-0.15, -0.1) is 0 Å². The van der Waals surface area contributed by atoms with E-state index < -0.39 is 10.0 Å². The third-order valence-corrected chi connectivity index (χ3v) is 7.17. The Bertz CT molecular complexity index is 950. The maximum absolute atomic E-state index is 13.0. The lowest BCUT2D eigenvalue weighted by Crippen LogP contribution is -2.41. The van der Waals surface area contributed by atoms with E-state index in [1.807, 2.05) is 24.3 Å². The normalized spacial score (nSPS) is 15.7. The number of carbonyl (C=O) groups excluding carboxylic acids is 1. The second kappa shape index (κ2) is 8.14. The number of H-pyrrole nitrogens is 1. The highest BCUT2D eigenvalue weighted by Crippen LogP contribution is 2.27. The molecule has 0 unspecified atom stereocenters. The minimum absolute atomic E-state index is 0.178. The fraction of sp³-hybridized carbons (Fsp3) is 0.389. The average molecular weight is 456 g/mol. The first-order chi connectivity index (χ1) is 12.8. The van der Waals surface area contributed by atoms with Gasteiger partial charge in [-0.05, 0) is 37.1 Å². The molecule has 27 heavy (non-hydrogen) atoms. The SMILES string of the molecule is Cc1[nH]c(C(=O)NCc2cccc(Br)c2)c(C)c1S(=O)(=O)N1CCOCC1. The van der Waals surface area contributed by atoms with Crippen molar-refractivity contribution in [1.82, 2.24) is 14.6 Å². The lowest BCUT2D eigenvalue weighted by Gasteiger charge is -2.26. The van der Waals surface area contributed by atoms with Crippen LogP contribution in [0.1, 0.15) is 27.3 Å². The van der Waals surface area contributed by atoms with Crippen molar-refractivity contribution in [3.05, 3.63) is 51.3 Å². The van der Waals surface area contributed by atoms with Gasteiger partial charge in [0.15, 0.2) is 0 Å². The molecule has 1 aliphatic heterocycles. The largest absolute Gasteiger partial charge is 0.379 e. The molecule has 2 aromatic rings. The molecule has 1 amide bonds. The zero-order valence-corrected chi connectivity index (χ0v) is 17.6. The molecule has 0 radical (unpaired) electrons. The van der Waals surface area contributed by atoms with Gasteiger partial charge in [-0.25, -0.2) is 8.42 Å². The highest BCUT2D eigenvalue weighted by atomic mass is 79.9. The number of ether oxygens (including phenoxy) is 1. The lowest BCUT2D eigenvalue weighted by atomic mass is 10.2. The van der Waals surface area contributed by atoms with Gasteiger partial charge in [0.1, 0.15) is 10.6 Å². The Hall–Kier alpha value is -1.68. The molecule has 1 fully saturated rings. The van der Waals surface area contributed by atoms with Gasteiger partial charge in [-0.3, -0.25) is 4.79 Å². The summed E-state index contributed by atoms with van der Waals surface area (Å²) < 4.78 is 33.6. The van der Waals surface area contributed by atoms with E-state index in [2.05, 4.69) is 26.2 Å². The third kappa shape index (κ3) is 4.26. The van der Waals surface area contributed by atoms with Crippen LogP contribution < -0.4 is 5.32 Å². The van der Waals surface area contributed by atoms with Crippen molar-refractivity contribution in [2.24, 2.45) is 0 Å². The number of carbonyl (C=O) groups is 1. The maximum Gasteiger partial charge on any atom is 0.268 e. The first-order valence-corrected chi connectivity index (χ1v) is 10.8. The van der Waals surface area contributed by atoms with Crippen molar-refractivity contribution in [3.63, 3.8) is 0 Å². The summed E-state index contributed by atoms with van der Waals surface area (Å²) in [6.07, 6.45) is 0. The summed E-state index contributed by atoms with van der Waals surface area (Å²) >= 11 is 3.40. The molecule has 146 valence electrons. The van der Waals surface area contributed by atoms with E-state index >= 15 is 0 Å². The third-order valence-electron chi connectivity index (χ3n) is 4.51. The molecule has 0 atom stereocenters. The van der Waals surface area contributed by atoms with Gasteiger partial charge in [-0.1, -0.05) is 28.1 Å². The van der Waals surface area contributed by atoms with Crippen molar-refractivity contribution >= 4 is 31.9 Å². The summed E-state index contributed by atoms with van der Waals surface area (Å²) in [5.74, 6) is -0.334. The molecule has 3 rings (SSSR count). The Kier molecular flexibility index (Phi) is 6.05. The van der Waals surface area contributed by atoms with E-state index in [9.17, 15) is 13.2 Å². The lowest BCUT2D eigenvalue weighted by molar-refractivity contribution is 0.0730. The van der Waals surface area contributed by atoms with Gasteiger partial charge >= 0.3 is 0 Å². The fourth-order valence-electron chi connectivity index (χ4n) is 3.18. The minimum Gasteiger partial charge on any atom is -0.379 e. The van der Waals surface area contributed by atoms with E-state index in [0.717, 1.165) is 10.0 Å². The summed E-state index contributed by atoms with van der Waals surface area (Å²) in [5, 5.41) is 2.84. The number of nitrogens with zero attached hydrogens (tertiary/aromatic N) is 1. The molecule has 0 bridgehead atoms. The van der Waals surface area contributed by atoms with E-state index in [1.165, 1.54) is 4.31 Å². The molecule has 0 spiro atoms. The van der Waals surface area contributed by atoms with Crippen molar-refractivity contribution in [1.29, 1.82) is 0 Å². The standard InChI is InChI=1S/C18H22BrN3O4S/c1-12-16(18(23)20-11-14-4-3-5-15(19)10-14)21-13(2)17(12)27(24,25)22-6-8-26-9-7-22/h3-5,10,21H,6-9,11H2,1-2H3,(H,20,23). The molecule has 1 saturated heterocycles. The van der Waals surface area contributed by atoms with Crippen LogP contribution in [0.25, 0.3) is 0 Å². The molecule has 1 aliphatic rings. The Balaban J connectivity index is 1.81. The zero-order valence-electron chi connectivity index (χ0n) is 15.2. The van der Waals surface area contributed by atoms with Crippen molar-refractivity contribution in [2.45, 2.75) is 25.3 Å². The Morgan fingerprint density at radius 2 is 2.00 bits per heavy atom. The monoisotopic (exact) mass is 455 g/mol. The summed E-state index contributed by atoms with van der Waals surface area (Å²) in [5.41, 5.74) is 2.12. The number of aromatic amines is 1. The predicted molar refractivity (Wildman–Crippen MR) is 105 cm³/mol. The van der Waals surface area contributed by atoms with Crippen LogP contribution in [0.3, 0.4) is 0 Å². The average Bonchev–Trinajstić information content (AvgIpc) is 2.95. The minimum atomic E-state index is -3.67. The van der Waals surface area contributed by atoms with Crippen LogP contribution in [-0.4, -0.2) is 49.9 Å². The smallest absolute Gasteiger partial charge is 0.268 e. The number of hydrogen-bond donors (Lipinski definition) is 2. The van der Waals surface area contributed by atoms with Crippen LogP contribution in [0.2, 0.25) is 0 Å². The van der Waals surface area contributed by atoms with E-state index in [4.69, 9.17) is 4.74 Å². The number of amides is 1. The van der Waals surface area contributed by atoms with Crippen LogP contribution in [0.5, 0.6) is 0 Å². The molecule has 7 nitrogen and oxygen atoms in total. The number of morpholine rings is 1. The second-order valence-corrected chi connectivity index (χ2v) is 9.20. The molecule has 1 aromatic heterocycles. The number of sulfonamides is 1. The van der Waals surface area contributed by atoms with Crippen LogP contribution in [0, 0.1) is 13.8 Å². The molecule has 1 aromatic carbocycles. The van der Waals surface area contributed by atoms with Crippen molar-refractivity contribution < 1.29 is 17.9 Å². The molecule has 2 N–H and O–H groups in total. The Morgan fingerprint density at radius 3 is 2.67 bits per heavy atom. The van der Waals surface area contributed by atoms with Crippen LogP contribution in [0.15, 0.2) is 33.6 Å². The van der Waals surface area contributed by atoms with Crippen LogP contribution in [0.4, 0.5) is 0 Å². The summed E-state index contributed by atoms with van der Waals surface area (Å²) in [6, 6.07) is 7.63. The van der Waals surface area contributed by atoms with Crippen LogP contribution >= 0.6 is 15.9 Å². The maximum atomic E-state index is 13.0. The molecule has 0 aliphatic carbocycles. The van der Waals surface area contributed by atoms with Gasteiger partial charge in [0.25, 0.3) is 5.91 Å². The summed E-state index contributed by atoms with van der Waals surface area (Å²) in [7, 11) is -3.67. The molecule has 2 heterocycles. The first-order valence-electron chi connectivity index (χ1n) is 8.60. The number of aryl methyl sites for hydroxylation is 1. The van der Waals surface area contributed by atoms with Crippen molar-refractivity contribution in [2.75, 3.05) is 26.3 Å². The summed E-state index contributed by atoms with van der Waals surface area (Å²) in [4.78, 5) is 15.7. The molecule has 0 saturated carbocycles. The zero-order chi connectivity index (χ0) is 19.6. The quantitative estimate of drug-likeness (QED) is 0.723. The van der Waals surface area contributed by atoms with Gasteiger partial charge in [-0.2, -0.15) is 4.31 Å². The summed E-state index contributed by atoms with van der Waals surface area (Å²) in [6.45, 7) is 5.06. The highest BCUT2D eigenvalue weighted by Gasteiger charge is 2.32. The number of aromatic nitrogens is 1.